The molecule has 1 amide bonds. The molecular weight excluding hydrogens is 334 g/mol. The highest BCUT2D eigenvalue weighted by Gasteiger charge is 2.14. The van der Waals surface area contributed by atoms with E-state index in [0.29, 0.717) is 48.2 Å². The number of carbonyl (C=O) groups is 1. The van der Waals surface area contributed by atoms with Gasteiger partial charge in [-0.15, -0.1) is 10.2 Å². The van der Waals surface area contributed by atoms with E-state index in [9.17, 15) is 4.79 Å². The van der Waals surface area contributed by atoms with Gasteiger partial charge in [-0.25, -0.2) is 0 Å². The van der Waals surface area contributed by atoms with Gasteiger partial charge in [0, 0.05) is 30.2 Å². The summed E-state index contributed by atoms with van der Waals surface area (Å²) in [6.07, 6.45) is 1.53. The van der Waals surface area contributed by atoms with Crippen molar-refractivity contribution in [2.24, 2.45) is 0 Å². The molecule has 0 saturated heterocycles. The van der Waals surface area contributed by atoms with Crippen LogP contribution in [0, 0.1) is 0 Å². The molecule has 0 fully saturated rings. The summed E-state index contributed by atoms with van der Waals surface area (Å²) < 4.78 is 16.2. The second kappa shape index (κ2) is 7.26. The Morgan fingerprint density at radius 2 is 1.88 bits per heavy atom. The Kier molecular flexibility index (Phi) is 4.51. The number of benzene rings is 2. The summed E-state index contributed by atoms with van der Waals surface area (Å²) in [7, 11) is 0. The van der Waals surface area contributed by atoms with Crippen LogP contribution in [0.4, 0.5) is 5.69 Å². The first-order chi connectivity index (χ1) is 12.8. The third-order valence-corrected chi connectivity index (χ3v) is 3.94. The van der Waals surface area contributed by atoms with Gasteiger partial charge >= 0.3 is 0 Å². The lowest BCUT2D eigenvalue weighted by atomic mass is 10.2. The van der Waals surface area contributed by atoms with Crippen molar-refractivity contribution in [1.29, 1.82) is 0 Å². The molecule has 1 aliphatic heterocycles. The Labute approximate surface area is 150 Å². The standard InChI is InChI=1S/C19H17N3O4/c23-17(20-14-9-10-15-16(11-14)25-12-24-15)7-4-8-18-21-22-19(26-18)13-5-2-1-3-6-13/h1-3,5-6,9-11H,4,7-8,12H2,(H,20,23). The zero-order valence-corrected chi connectivity index (χ0v) is 14.0. The maximum atomic E-state index is 12.1. The SMILES string of the molecule is O=C(CCCc1nnc(-c2ccccc2)o1)Nc1ccc2c(c1)OCO2. The lowest BCUT2D eigenvalue weighted by molar-refractivity contribution is -0.116. The fourth-order valence-electron chi connectivity index (χ4n) is 2.65. The molecule has 132 valence electrons. The summed E-state index contributed by atoms with van der Waals surface area (Å²) >= 11 is 0. The number of nitrogens with zero attached hydrogens (tertiary/aromatic N) is 2. The van der Waals surface area contributed by atoms with Gasteiger partial charge in [-0.05, 0) is 30.7 Å². The molecule has 2 aromatic carbocycles. The largest absolute Gasteiger partial charge is 0.454 e. The molecule has 3 aromatic rings. The predicted molar refractivity (Wildman–Crippen MR) is 93.9 cm³/mol. The van der Waals surface area contributed by atoms with Gasteiger partial charge in [0.05, 0.1) is 0 Å². The molecule has 0 spiro atoms. The van der Waals surface area contributed by atoms with Crippen molar-refractivity contribution in [2.45, 2.75) is 19.3 Å². The van der Waals surface area contributed by atoms with Gasteiger partial charge in [-0.2, -0.15) is 0 Å². The van der Waals surface area contributed by atoms with Crippen LogP contribution < -0.4 is 14.8 Å². The first-order valence-corrected chi connectivity index (χ1v) is 8.35. The minimum atomic E-state index is -0.0772. The van der Waals surface area contributed by atoms with Crippen LogP contribution in [0.3, 0.4) is 0 Å². The monoisotopic (exact) mass is 351 g/mol. The Morgan fingerprint density at radius 3 is 2.77 bits per heavy atom. The van der Waals surface area contributed by atoms with E-state index < -0.39 is 0 Å². The van der Waals surface area contributed by atoms with Crippen LogP contribution in [0.2, 0.25) is 0 Å². The summed E-state index contributed by atoms with van der Waals surface area (Å²) in [4.78, 5) is 12.1. The average Bonchev–Trinajstić information content (AvgIpc) is 3.31. The Morgan fingerprint density at radius 1 is 1.04 bits per heavy atom. The molecular formula is C19H17N3O4. The van der Waals surface area contributed by atoms with Crippen molar-refractivity contribution in [1.82, 2.24) is 10.2 Å². The summed E-state index contributed by atoms with van der Waals surface area (Å²) in [5, 5.41) is 10.9. The minimum absolute atomic E-state index is 0.0772. The number of aromatic nitrogens is 2. The summed E-state index contributed by atoms with van der Waals surface area (Å²) in [6, 6.07) is 14.9. The van der Waals surface area contributed by atoms with E-state index in [1.165, 1.54) is 0 Å². The van der Waals surface area contributed by atoms with Crippen LogP contribution in [-0.4, -0.2) is 22.9 Å². The van der Waals surface area contributed by atoms with Crippen molar-refractivity contribution >= 4 is 11.6 Å². The molecule has 7 heteroatoms. The van der Waals surface area contributed by atoms with Gasteiger partial charge in [0.15, 0.2) is 11.5 Å². The van der Waals surface area contributed by atoms with E-state index in [-0.39, 0.29) is 12.7 Å². The molecule has 4 rings (SSSR count). The molecule has 0 aliphatic carbocycles. The van der Waals surface area contributed by atoms with Crippen molar-refractivity contribution in [3.8, 4) is 23.0 Å². The molecule has 0 radical (unpaired) electrons. The molecule has 0 unspecified atom stereocenters. The van der Waals surface area contributed by atoms with Crippen LogP contribution in [-0.2, 0) is 11.2 Å². The van der Waals surface area contributed by atoms with Gasteiger partial charge in [-0.1, -0.05) is 18.2 Å². The number of anilines is 1. The molecule has 0 bridgehead atoms. The number of hydrogen-bond donors (Lipinski definition) is 1. The molecule has 2 heterocycles. The third-order valence-electron chi connectivity index (χ3n) is 3.94. The second-order valence-electron chi connectivity index (χ2n) is 5.84. The van der Waals surface area contributed by atoms with Crippen LogP contribution in [0.5, 0.6) is 11.5 Å². The van der Waals surface area contributed by atoms with Crippen molar-refractivity contribution in [2.75, 3.05) is 12.1 Å². The summed E-state index contributed by atoms with van der Waals surface area (Å²) in [5.41, 5.74) is 1.57. The molecule has 26 heavy (non-hydrogen) atoms. The maximum Gasteiger partial charge on any atom is 0.247 e. The smallest absolute Gasteiger partial charge is 0.247 e. The van der Waals surface area contributed by atoms with Crippen molar-refractivity contribution in [3.63, 3.8) is 0 Å². The molecule has 1 aromatic heterocycles. The van der Waals surface area contributed by atoms with Crippen molar-refractivity contribution in [3.05, 3.63) is 54.4 Å². The summed E-state index contributed by atoms with van der Waals surface area (Å²) in [5.74, 6) is 2.27. The number of hydrogen-bond acceptors (Lipinski definition) is 6. The van der Waals surface area contributed by atoms with Crippen LogP contribution in [0.15, 0.2) is 52.9 Å². The number of ether oxygens (including phenoxy) is 2. The van der Waals surface area contributed by atoms with E-state index >= 15 is 0 Å². The Hall–Kier alpha value is -3.35. The minimum Gasteiger partial charge on any atom is -0.454 e. The van der Waals surface area contributed by atoms with Crippen molar-refractivity contribution < 1.29 is 18.7 Å². The third kappa shape index (κ3) is 3.66. The molecule has 1 aliphatic rings. The molecule has 0 saturated carbocycles. The topological polar surface area (TPSA) is 86.5 Å². The normalized spacial score (nSPS) is 12.2. The van der Waals surface area contributed by atoms with Gasteiger partial charge in [0.1, 0.15) is 0 Å². The highest BCUT2D eigenvalue weighted by atomic mass is 16.7. The highest BCUT2D eigenvalue weighted by Crippen LogP contribution is 2.34. The second-order valence-corrected chi connectivity index (χ2v) is 5.84. The zero-order chi connectivity index (χ0) is 17.8. The first-order valence-electron chi connectivity index (χ1n) is 8.35. The lowest BCUT2D eigenvalue weighted by Gasteiger charge is -2.05. The van der Waals surface area contributed by atoms with E-state index in [4.69, 9.17) is 13.9 Å². The van der Waals surface area contributed by atoms with Gasteiger partial charge in [0.25, 0.3) is 0 Å². The number of amides is 1. The van der Waals surface area contributed by atoms with Crippen LogP contribution in [0.25, 0.3) is 11.5 Å². The highest BCUT2D eigenvalue weighted by molar-refractivity contribution is 5.91. The zero-order valence-electron chi connectivity index (χ0n) is 14.0. The fraction of sp³-hybridized carbons (Fsp3) is 0.211. The molecule has 0 atom stereocenters. The molecule has 7 nitrogen and oxygen atoms in total. The predicted octanol–water partition coefficient (Wildman–Crippen LogP) is 3.43. The first kappa shape index (κ1) is 16.1. The number of aryl methyl sites for hydroxylation is 1. The van der Waals surface area contributed by atoms with Gasteiger partial charge in [0.2, 0.25) is 24.5 Å². The van der Waals surface area contributed by atoms with Crippen LogP contribution in [0.1, 0.15) is 18.7 Å². The summed E-state index contributed by atoms with van der Waals surface area (Å²) in [6.45, 7) is 0.210. The van der Waals surface area contributed by atoms with E-state index in [1.807, 2.05) is 30.3 Å². The Balaban J connectivity index is 1.27. The van der Waals surface area contributed by atoms with Gasteiger partial charge in [-0.3, -0.25) is 4.79 Å². The Bertz CT molecular complexity index is 908. The number of rotatable bonds is 6. The fourth-order valence-corrected chi connectivity index (χ4v) is 2.65. The number of carbonyl (C=O) groups excluding carboxylic acids is 1. The van der Waals surface area contributed by atoms with E-state index in [2.05, 4.69) is 15.5 Å². The number of nitrogens with one attached hydrogen (secondary N) is 1. The molecule has 1 N–H and O–H groups in total. The maximum absolute atomic E-state index is 12.1. The van der Waals surface area contributed by atoms with Gasteiger partial charge < -0.3 is 19.2 Å². The quantitative estimate of drug-likeness (QED) is 0.732. The lowest BCUT2D eigenvalue weighted by Crippen LogP contribution is -2.11. The average molecular weight is 351 g/mol. The van der Waals surface area contributed by atoms with E-state index in [0.717, 1.165) is 5.56 Å². The van der Waals surface area contributed by atoms with Crippen LogP contribution >= 0.6 is 0 Å². The number of fused-ring (bicyclic) bond motifs is 1. The van der Waals surface area contributed by atoms with E-state index in [1.54, 1.807) is 18.2 Å².